The molecule has 0 spiro atoms. The minimum Gasteiger partial charge on any atom is -0.356 e. The fourth-order valence-electron chi connectivity index (χ4n) is 2.48. The van der Waals surface area contributed by atoms with Crippen LogP contribution in [0.5, 0.6) is 0 Å². The first-order chi connectivity index (χ1) is 12.4. The lowest BCUT2D eigenvalue weighted by Crippen LogP contribution is -2.29. The van der Waals surface area contributed by atoms with Crippen LogP contribution in [0.1, 0.15) is 17.5 Å². The van der Waals surface area contributed by atoms with Gasteiger partial charge in [-0.3, -0.25) is 4.79 Å². The smallest absolute Gasteiger partial charge is 0.238 e. The lowest BCUT2D eigenvalue weighted by Gasteiger charge is -2.07. The molecular formula is C19H25N3O3S. The van der Waals surface area contributed by atoms with Crippen LogP contribution in [-0.2, 0) is 27.7 Å². The maximum absolute atomic E-state index is 11.8. The minimum absolute atomic E-state index is 0.00151. The summed E-state index contributed by atoms with van der Waals surface area (Å²) in [4.78, 5) is 11.9. The van der Waals surface area contributed by atoms with Crippen molar-refractivity contribution in [2.75, 3.05) is 19.6 Å². The molecular weight excluding hydrogens is 350 g/mol. The first-order valence-electron chi connectivity index (χ1n) is 8.58. The molecule has 1 amide bonds. The first-order valence-corrected chi connectivity index (χ1v) is 10.1. The molecule has 0 aliphatic heterocycles. The average molecular weight is 375 g/mol. The van der Waals surface area contributed by atoms with E-state index in [4.69, 9.17) is 5.14 Å². The van der Waals surface area contributed by atoms with E-state index in [2.05, 4.69) is 22.8 Å². The van der Waals surface area contributed by atoms with E-state index >= 15 is 0 Å². The summed E-state index contributed by atoms with van der Waals surface area (Å²) < 4.78 is 22.4. The van der Waals surface area contributed by atoms with Gasteiger partial charge in [0.25, 0.3) is 0 Å². The highest BCUT2D eigenvalue weighted by molar-refractivity contribution is 7.89. The van der Waals surface area contributed by atoms with Gasteiger partial charge in [-0.15, -0.1) is 0 Å². The predicted octanol–water partition coefficient (Wildman–Crippen LogP) is 1.22. The van der Waals surface area contributed by atoms with Gasteiger partial charge in [-0.1, -0.05) is 42.5 Å². The fraction of sp³-hybridized carbons (Fsp3) is 0.316. The van der Waals surface area contributed by atoms with Crippen molar-refractivity contribution < 1.29 is 13.2 Å². The Bertz CT molecular complexity index is 791. The molecule has 0 heterocycles. The quantitative estimate of drug-likeness (QED) is 0.543. The zero-order valence-electron chi connectivity index (χ0n) is 14.6. The van der Waals surface area contributed by atoms with Crippen LogP contribution in [0.4, 0.5) is 0 Å². The van der Waals surface area contributed by atoms with Crippen molar-refractivity contribution in [1.82, 2.24) is 10.6 Å². The van der Waals surface area contributed by atoms with Crippen molar-refractivity contribution in [2.45, 2.75) is 24.2 Å². The summed E-state index contributed by atoms with van der Waals surface area (Å²) in [5.74, 6) is -0.00151. The molecule has 2 aromatic carbocycles. The van der Waals surface area contributed by atoms with Gasteiger partial charge in [0.1, 0.15) is 0 Å². The predicted molar refractivity (Wildman–Crippen MR) is 102 cm³/mol. The Morgan fingerprint density at radius 1 is 0.846 bits per heavy atom. The number of nitrogens with one attached hydrogen (secondary N) is 2. The number of hydrogen-bond donors (Lipinski definition) is 3. The number of carbonyl (C=O) groups is 1. The largest absolute Gasteiger partial charge is 0.356 e. The third kappa shape index (κ3) is 7.35. The zero-order valence-corrected chi connectivity index (χ0v) is 15.5. The molecule has 0 aliphatic carbocycles. The second-order valence-corrected chi connectivity index (χ2v) is 7.59. The monoisotopic (exact) mass is 375 g/mol. The van der Waals surface area contributed by atoms with Gasteiger partial charge in [0, 0.05) is 19.5 Å². The number of sulfonamides is 1. The number of carbonyl (C=O) groups excluding carboxylic acids is 1. The van der Waals surface area contributed by atoms with Crippen LogP contribution in [0.2, 0.25) is 0 Å². The summed E-state index contributed by atoms with van der Waals surface area (Å²) in [6.45, 7) is 1.99. The Hall–Kier alpha value is -2.22. The van der Waals surface area contributed by atoms with Gasteiger partial charge in [-0.25, -0.2) is 13.6 Å². The summed E-state index contributed by atoms with van der Waals surface area (Å²) in [7, 11) is -3.66. The van der Waals surface area contributed by atoms with Crippen molar-refractivity contribution >= 4 is 15.9 Å². The zero-order chi connectivity index (χ0) is 18.8. The second kappa shape index (κ2) is 10.1. The lowest BCUT2D eigenvalue weighted by atomic mass is 10.1. The van der Waals surface area contributed by atoms with Gasteiger partial charge in [0.2, 0.25) is 15.9 Å². The summed E-state index contributed by atoms with van der Waals surface area (Å²) in [5.41, 5.74) is 2.22. The highest BCUT2D eigenvalue weighted by atomic mass is 32.2. The van der Waals surface area contributed by atoms with Gasteiger partial charge < -0.3 is 10.6 Å². The maximum atomic E-state index is 11.8. The molecule has 0 radical (unpaired) electrons. The topological polar surface area (TPSA) is 101 Å². The Morgan fingerprint density at radius 3 is 2.12 bits per heavy atom. The van der Waals surface area contributed by atoms with Crippen molar-refractivity contribution in [2.24, 2.45) is 5.14 Å². The standard InChI is InChI=1S/C19H25N3O3S/c20-26(24,25)18-8-6-17(7-9-18)11-15-22-19(23)12-14-21-13-10-16-4-2-1-3-5-16/h1-9,21H,10-15H2,(H,22,23)(H2,20,24,25). The van der Waals surface area contributed by atoms with Crippen LogP contribution in [-0.4, -0.2) is 34.0 Å². The summed E-state index contributed by atoms with van der Waals surface area (Å²) >= 11 is 0. The average Bonchev–Trinajstić information content (AvgIpc) is 2.62. The molecule has 2 rings (SSSR count). The molecule has 0 atom stereocenters. The van der Waals surface area contributed by atoms with E-state index in [1.165, 1.54) is 17.7 Å². The van der Waals surface area contributed by atoms with E-state index in [0.29, 0.717) is 25.9 Å². The van der Waals surface area contributed by atoms with Crippen LogP contribution in [0, 0.1) is 0 Å². The third-order valence-corrected chi connectivity index (χ3v) is 4.88. The molecule has 0 saturated carbocycles. The Labute approximate surface area is 154 Å². The van der Waals surface area contributed by atoms with Crippen LogP contribution in [0.15, 0.2) is 59.5 Å². The number of amides is 1. The molecule has 0 bridgehead atoms. The summed E-state index contributed by atoms with van der Waals surface area (Å²) in [5, 5.41) is 11.2. The Kier molecular flexibility index (Phi) is 7.77. The third-order valence-electron chi connectivity index (χ3n) is 3.95. The molecule has 0 fully saturated rings. The van der Waals surface area contributed by atoms with E-state index in [1.807, 2.05) is 18.2 Å². The van der Waals surface area contributed by atoms with Gasteiger partial charge in [-0.2, -0.15) is 0 Å². The van der Waals surface area contributed by atoms with Gasteiger partial charge in [0.05, 0.1) is 4.90 Å². The normalized spacial score (nSPS) is 11.3. The molecule has 7 heteroatoms. The molecule has 0 aliphatic rings. The van der Waals surface area contributed by atoms with Crippen LogP contribution < -0.4 is 15.8 Å². The lowest BCUT2D eigenvalue weighted by molar-refractivity contribution is -0.120. The summed E-state index contributed by atoms with van der Waals surface area (Å²) in [6, 6.07) is 16.6. The van der Waals surface area contributed by atoms with Gasteiger partial charge in [-0.05, 0) is 42.6 Å². The van der Waals surface area contributed by atoms with E-state index in [9.17, 15) is 13.2 Å². The van der Waals surface area contributed by atoms with Crippen molar-refractivity contribution in [1.29, 1.82) is 0 Å². The Morgan fingerprint density at radius 2 is 1.46 bits per heavy atom. The van der Waals surface area contributed by atoms with E-state index in [0.717, 1.165) is 18.5 Å². The maximum Gasteiger partial charge on any atom is 0.238 e. The fourth-order valence-corrected chi connectivity index (χ4v) is 3.00. The highest BCUT2D eigenvalue weighted by Gasteiger charge is 2.07. The number of nitrogens with two attached hydrogens (primary N) is 1. The molecule has 26 heavy (non-hydrogen) atoms. The number of hydrogen-bond acceptors (Lipinski definition) is 4. The van der Waals surface area contributed by atoms with Crippen molar-refractivity contribution in [3.63, 3.8) is 0 Å². The molecule has 4 N–H and O–H groups in total. The number of primary sulfonamides is 1. The molecule has 0 unspecified atom stereocenters. The van der Waals surface area contributed by atoms with Crippen LogP contribution in [0.3, 0.4) is 0 Å². The van der Waals surface area contributed by atoms with Crippen LogP contribution in [0.25, 0.3) is 0 Å². The number of rotatable bonds is 10. The molecule has 6 nitrogen and oxygen atoms in total. The van der Waals surface area contributed by atoms with Crippen molar-refractivity contribution in [3.8, 4) is 0 Å². The van der Waals surface area contributed by atoms with E-state index < -0.39 is 10.0 Å². The molecule has 2 aromatic rings. The minimum atomic E-state index is -3.66. The molecule has 140 valence electrons. The first kappa shape index (κ1) is 20.1. The molecule has 0 aromatic heterocycles. The number of benzene rings is 2. The van der Waals surface area contributed by atoms with E-state index in [-0.39, 0.29) is 10.8 Å². The van der Waals surface area contributed by atoms with Gasteiger partial charge in [0.15, 0.2) is 0 Å². The SMILES string of the molecule is NS(=O)(=O)c1ccc(CCNC(=O)CCNCCc2ccccc2)cc1. The second-order valence-electron chi connectivity index (χ2n) is 6.02. The summed E-state index contributed by atoms with van der Waals surface area (Å²) in [6.07, 6.45) is 2.01. The van der Waals surface area contributed by atoms with Crippen LogP contribution >= 0.6 is 0 Å². The van der Waals surface area contributed by atoms with Crippen molar-refractivity contribution in [3.05, 3.63) is 65.7 Å². The van der Waals surface area contributed by atoms with Gasteiger partial charge >= 0.3 is 0 Å². The Balaban J connectivity index is 1.57. The molecule has 0 saturated heterocycles. The van der Waals surface area contributed by atoms with E-state index in [1.54, 1.807) is 12.1 Å². The highest BCUT2D eigenvalue weighted by Crippen LogP contribution is 2.08.